The molecule has 1 atom stereocenters. The summed E-state index contributed by atoms with van der Waals surface area (Å²) in [5, 5.41) is 8.23. The minimum absolute atomic E-state index is 0.0836. The third-order valence-corrected chi connectivity index (χ3v) is 6.80. The van der Waals surface area contributed by atoms with E-state index in [0.717, 1.165) is 23.6 Å². The monoisotopic (exact) mass is 561 g/mol. The molecule has 12 heteroatoms. The molecule has 1 fully saturated rings. The van der Waals surface area contributed by atoms with Crippen LogP contribution < -0.4 is 15.8 Å². The molecule has 3 heterocycles. The summed E-state index contributed by atoms with van der Waals surface area (Å²) in [6.07, 6.45) is 1.86. The number of hydrogen-bond donors (Lipinski definition) is 2. The Morgan fingerprint density at radius 2 is 1.90 bits per heavy atom. The first-order valence-electron chi connectivity index (χ1n) is 13.2. The zero-order valence-electron chi connectivity index (χ0n) is 23.3. The molecular formula is C29H32FN7O4. The zero-order chi connectivity index (χ0) is 29.3. The van der Waals surface area contributed by atoms with Gasteiger partial charge in [-0.3, -0.25) is 4.79 Å². The van der Waals surface area contributed by atoms with E-state index in [1.54, 1.807) is 9.58 Å². The van der Waals surface area contributed by atoms with Crippen molar-refractivity contribution in [3.63, 3.8) is 0 Å². The molecule has 0 unspecified atom stereocenters. The summed E-state index contributed by atoms with van der Waals surface area (Å²) in [5.41, 5.74) is 8.60. The summed E-state index contributed by atoms with van der Waals surface area (Å²) in [6, 6.07) is 11.2. The van der Waals surface area contributed by atoms with Crippen molar-refractivity contribution in [1.29, 1.82) is 0 Å². The normalized spacial score (nSPS) is 15.0. The number of likely N-dealkylation sites (tertiary alicyclic amines) is 1. The molecule has 2 amide bonds. The maximum atomic E-state index is 13.7. The van der Waals surface area contributed by atoms with Gasteiger partial charge in [0.1, 0.15) is 35.0 Å². The fourth-order valence-corrected chi connectivity index (χ4v) is 4.67. The average molecular weight is 562 g/mol. The maximum absolute atomic E-state index is 13.7. The van der Waals surface area contributed by atoms with Crippen molar-refractivity contribution in [2.75, 3.05) is 19.4 Å². The minimum Gasteiger partial charge on any atom is -0.496 e. The first-order valence-corrected chi connectivity index (χ1v) is 13.2. The van der Waals surface area contributed by atoms with E-state index in [1.807, 2.05) is 45.0 Å². The molecule has 11 nitrogen and oxygen atoms in total. The Kier molecular flexibility index (Phi) is 7.48. The second-order valence-corrected chi connectivity index (χ2v) is 10.8. The lowest BCUT2D eigenvalue weighted by atomic mass is 10.0. The lowest BCUT2D eigenvalue weighted by molar-refractivity contribution is -0.00864. The van der Waals surface area contributed by atoms with E-state index in [0.29, 0.717) is 35.6 Å². The molecule has 2 aromatic heterocycles. The van der Waals surface area contributed by atoms with Crippen molar-refractivity contribution >= 4 is 28.9 Å². The van der Waals surface area contributed by atoms with Crippen LogP contribution in [0.15, 0.2) is 48.8 Å². The molecule has 0 saturated carbocycles. The van der Waals surface area contributed by atoms with Crippen molar-refractivity contribution in [2.24, 2.45) is 0 Å². The molecule has 3 N–H and O–H groups in total. The van der Waals surface area contributed by atoms with Crippen molar-refractivity contribution in [2.45, 2.75) is 51.9 Å². The van der Waals surface area contributed by atoms with Crippen LogP contribution in [-0.2, 0) is 17.8 Å². The van der Waals surface area contributed by atoms with Crippen molar-refractivity contribution in [1.82, 2.24) is 30.0 Å². The van der Waals surface area contributed by atoms with Gasteiger partial charge in [-0.2, -0.15) is 5.10 Å². The highest BCUT2D eigenvalue weighted by atomic mass is 19.1. The van der Waals surface area contributed by atoms with E-state index in [-0.39, 0.29) is 30.0 Å². The van der Waals surface area contributed by atoms with Gasteiger partial charge in [0.05, 0.1) is 30.6 Å². The molecule has 0 bridgehead atoms. The SMILES string of the molecule is COc1ccc(F)cc1C(=O)NCc1ccc(-c2nn(C[C@H]3CCN3C(=O)OC(C)(C)C)c3ncnc(N)c23)cc1. The number of rotatable bonds is 7. The molecule has 1 aliphatic rings. The van der Waals surface area contributed by atoms with Gasteiger partial charge in [-0.05, 0) is 51.0 Å². The highest BCUT2D eigenvalue weighted by Gasteiger charge is 2.36. The summed E-state index contributed by atoms with van der Waals surface area (Å²) in [7, 11) is 1.43. The molecule has 41 heavy (non-hydrogen) atoms. The number of benzene rings is 2. The fourth-order valence-electron chi connectivity index (χ4n) is 4.67. The van der Waals surface area contributed by atoms with E-state index in [4.69, 9.17) is 20.3 Å². The van der Waals surface area contributed by atoms with Crippen LogP contribution in [0.3, 0.4) is 0 Å². The number of fused-ring (bicyclic) bond motifs is 1. The van der Waals surface area contributed by atoms with E-state index in [1.165, 1.54) is 25.6 Å². The molecule has 0 radical (unpaired) electrons. The Morgan fingerprint density at radius 3 is 2.56 bits per heavy atom. The van der Waals surface area contributed by atoms with Gasteiger partial charge in [-0.25, -0.2) is 23.8 Å². The largest absolute Gasteiger partial charge is 0.496 e. The van der Waals surface area contributed by atoms with Gasteiger partial charge in [0.15, 0.2) is 5.65 Å². The van der Waals surface area contributed by atoms with Crippen LogP contribution in [0.1, 0.15) is 43.1 Å². The van der Waals surface area contributed by atoms with Crippen LogP contribution in [0.2, 0.25) is 0 Å². The molecule has 0 spiro atoms. The summed E-state index contributed by atoms with van der Waals surface area (Å²) in [4.78, 5) is 35.6. The lowest BCUT2D eigenvalue weighted by Crippen LogP contribution is -2.54. The average Bonchev–Trinajstić information content (AvgIpc) is 3.28. The van der Waals surface area contributed by atoms with Crippen molar-refractivity contribution < 1.29 is 23.5 Å². The van der Waals surface area contributed by atoms with Crippen LogP contribution in [0.25, 0.3) is 22.3 Å². The number of methoxy groups -OCH3 is 1. The summed E-state index contributed by atoms with van der Waals surface area (Å²) >= 11 is 0. The first-order chi connectivity index (χ1) is 19.5. The summed E-state index contributed by atoms with van der Waals surface area (Å²) < 4.78 is 26.1. The van der Waals surface area contributed by atoms with Crippen LogP contribution in [0.4, 0.5) is 15.0 Å². The third kappa shape index (κ3) is 5.91. The number of anilines is 1. The number of nitrogen functional groups attached to an aromatic ring is 1. The van der Waals surface area contributed by atoms with Crippen LogP contribution in [0.5, 0.6) is 5.75 Å². The van der Waals surface area contributed by atoms with Crippen LogP contribution in [0, 0.1) is 5.82 Å². The molecule has 2 aromatic carbocycles. The number of carbonyl (C=O) groups is 2. The van der Waals surface area contributed by atoms with Gasteiger partial charge >= 0.3 is 6.09 Å². The molecule has 0 aliphatic carbocycles. The number of amides is 2. The van der Waals surface area contributed by atoms with Crippen molar-refractivity contribution in [3.05, 3.63) is 65.7 Å². The maximum Gasteiger partial charge on any atom is 0.410 e. The Labute approximate surface area is 236 Å². The number of nitrogens with two attached hydrogens (primary N) is 1. The standard InChI is InChI=1S/C29H32FN7O4/c1-29(2,3)41-28(39)36-12-11-20(36)15-37-26-23(25(31)33-16-34-26)24(35-37)18-7-5-17(6-8-18)14-32-27(38)21-13-19(30)9-10-22(21)40-4/h5-10,13,16,20H,11-12,14-15H2,1-4H3,(H,32,38)(H2,31,33,34)/t20-/m1/s1. The first kappa shape index (κ1) is 27.8. The van der Waals surface area contributed by atoms with E-state index < -0.39 is 17.3 Å². The van der Waals surface area contributed by atoms with Gasteiger partial charge in [-0.1, -0.05) is 24.3 Å². The predicted octanol–water partition coefficient (Wildman–Crippen LogP) is 4.16. The molecule has 1 saturated heterocycles. The van der Waals surface area contributed by atoms with Gasteiger partial charge in [-0.15, -0.1) is 0 Å². The van der Waals surface area contributed by atoms with Gasteiger partial charge < -0.3 is 25.4 Å². The number of nitrogens with one attached hydrogen (secondary N) is 1. The number of carbonyl (C=O) groups excluding carboxylic acids is 2. The zero-order valence-corrected chi connectivity index (χ0v) is 23.3. The van der Waals surface area contributed by atoms with Gasteiger partial charge in [0.2, 0.25) is 0 Å². The predicted molar refractivity (Wildman–Crippen MR) is 151 cm³/mol. The molecular weight excluding hydrogens is 529 g/mol. The second kappa shape index (κ2) is 11.0. The Hall–Kier alpha value is -4.74. The van der Waals surface area contributed by atoms with Crippen LogP contribution >= 0.6 is 0 Å². The molecule has 4 aromatic rings. The number of nitrogens with zero attached hydrogens (tertiary/aromatic N) is 5. The minimum atomic E-state index is -0.578. The highest BCUT2D eigenvalue weighted by Crippen LogP contribution is 2.32. The number of hydrogen-bond acceptors (Lipinski definition) is 8. The lowest BCUT2D eigenvalue weighted by Gasteiger charge is -2.41. The Balaban J connectivity index is 1.33. The molecule has 214 valence electrons. The summed E-state index contributed by atoms with van der Waals surface area (Å²) in [6.45, 7) is 6.79. The fraction of sp³-hybridized carbons (Fsp3) is 0.345. The topological polar surface area (TPSA) is 137 Å². The van der Waals surface area contributed by atoms with Crippen LogP contribution in [-0.4, -0.2) is 61.9 Å². The smallest absolute Gasteiger partial charge is 0.410 e. The Morgan fingerprint density at radius 1 is 1.15 bits per heavy atom. The quantitative estimate of drug-likeness (QED) is 0.343. The summed E-state index contributed by atoms with van der Waals surface area (Å²) in [5.74, 6) is -0.381. The highest BCUT2D eigenvalue weighted by molar-refractivity contribution is 5.98. The third-order valence-electron chi connectivity index (χ3n) is 6.80. The number of ether oxygens (including phenoxy) is 2. The van der Waals surface area contributed by atoms with E-state index >= 15 is 0 Å². The number of halogens is 1. The Bertz CT molecular complexity index is 1600. The number of aromatic nitrogens is 4. The van der Waals surface area contributed by atoms with E-state index in [9.17, 15) is 14.0 Å². The van der Waals surface area contributed by atoms with E-state index in [2.05, 4.69) is 15.3 Å². The molecule has 1 aliphatic heterocycles. The van der Waals surface area contributed by atoms with Gasteiger partial charge in [0, 0.05) is 18.7 Å². The van der Waals surface area contributed by atoms with Gasteiger partial charge in [0.25, 0.3) is 5.91 Å². The molecule has 5 rings (SSSR count). The van der Waals surface area contributed by atoms with Crippen molar-refractivity contribution in [3.8, 4) is 17.0 Å². The second-order valence-electron chi connectivity index (χ2n) is 10.8.